The number of methoxy groups -OCH3 is 1. The Morgan fingerprint density at radius 3 is 2.43 bits per heavy atom. The highest BCUT2D eigenvalue weighted by Crippen LogP contribution is 2.40. The molecule has 1 aliphatic rings. The van der Waals surface area contributed by atoms with Crippen molar-refractivity contribution in [3.8, 4) is 5.75 Å². The second-order valence-corrected chi connectivity index (χ2v) is 7.19. The SMILES string of the molecule is COc1cccc(N(C)C2CCC(C)(C)CC2)c1[C@@H](C)N. The number of nitrogens with zero attached hydrogens (tertiary/aromatic N) is 1. The third-order valence-corrected chi connectivity index (χ3v) is 4.95. The summed E-state index contributed by atoms with van der Waals surface area (Å²) < 4.78 is 5.51. The fraction of sp³-hybridized carbons (Fsp3) is 0.667. The quantitative estimate of drug-likeness (QED) is 0.906. The molecule has 1 atom stereocenters. The van der Waals surface area contributed by atoms with Gasteiger partial charge in [-0.1, -0.05) is 19.9 Å². The first-order valence-electron chi connectivity index (χ1n) is 8.01. The van der Waals surface area contributed by atoms with Crippen molar-refractivity contribution in [2.75, 3.05) is 19.1 Å². The van der Waals surface area contributed by atoms with E-state index in [1.54, 1.807) is 7.11 Å². The Balaban J connectivity index is 2.25. The molecule has 2 N–H and O–H groups in total. The average Bonchev–Trinajstić information content (AvgIpc) is 2.45. The van der Waals surface area contributed by atoms with Gasteiger partial charge in [0.25, 0.3) is 0 Å². The lowest BCUT2D eigenvalue weighted by atomic mass is 9.75. The molecule has 0 heterocycles. The molecule has 0 aliphatic heterocycles. The number of nitrogens with two attached hydrogens (primary N) is 1. The molecule has 0 unspecified atom stereocenters. The van der Waals surface area contributed by atoms with Crippen LogP contribution >= 0.6 is 0 Å². The van der Waals surface area contributed by atoms with Crippen molar-refractivity contribution in [3.63, 3.8) is 0 Å². The number of rotatable bonds is 4. The molecule has 0 saturated heterocycles. The predicted molar refractivity (Wildman–Crippen MR) is 90.0 cm³/mol. The summed E-state index contributed by atoms with van der Waals surface area (Å²) in [6.45, 7) is 6.78. The average molecular weight is 290 g/mol. The van der Waals surface area contributed by atoms with Crippen LogP contribution in [0.3, 0.4) is 0 Å². The zero-order valence-electron chi connectivity index (χ0n) is 14.1. The number of anilines is 1. The fourth-order valence-corrected chi connectivity index (χ4v) is 3.44. The van der Waals surface area contributed by atoms with Gasteiger partial charge in [0.15, 0.2) is 0 Å². The maximum atomic E-state index is 6.19. The predicted octanol–water partition coefficient (Wildman–Crippen LogP) is 4.12. The summed E-state index contributed by atoms with van der Waals surface area (Å²) >= 11 is 0. The normalized spacial score (nSPS) is 20.1. The van der Waals surface area contributed by atoms with Crippen LogP contribution in [-0.2, 0) is 0 Å². The minimum atomic E-state index is -0.0290. The summed E-state index contributed by atoms with van der Waals surface area (Å²) in [6, 6.07) is 6.80. The van der Waals surface area contributed by atoms with Crippen molar-refractivity contribution < 1.29 is 4.74 Å². The number of ether oxygens (including phenoxy) is 1. The number of benzene rings is 1. The van der Waals surface area contributed by atoms with Gasteiger partial charge < -0.3 is 15.4 Å². The third kappa shape index (κ3) is 3.52. The highest BCUT2D eigenvalue weighted by atomic mass is 16.5. The molecule has 1 aromatic carbocycles. The highest BCUT2D eigenvalue weighted by Gasteiger charge is 2.30. The molecule has 3 nitrogen and oxygen atoms in total. The largest absolute Gasteiger partial charge is 0.496 e. The van der Waals surface area contributed by atoms with E-state index in [4.69, 9.17) is 10.5 Å². The third-order valence-electron chi connectivity index (χ3n) is 4.95. The fourth-order valence-electron chi connectivity index (χ4n) is 3.44. The maximum absolute atomic E-state index is 6.19. The zero-order chi connectivity index (χ0) is 15.6. The summed E-state index contributed by atoms with van der Waals surface area (Å²) in [7, 11) is 3.91. The molecule has 2 rings (SSSR count). The van der Waals surface area contributed by atoms with Crippen molar-refractivity contribution in [2.45, 2.75) is 58.5 Å². The van der Waals surface area contributed by atoms with E-state index in [9.17, 15) is 0 Å². The summed E-state index contributed by atoms with van der Waals surface area (Å²) in [5.74, 6) is 0.894. The number of hydrogen-bond donors (Lipinski definition) is 1. The van der Waals surface area contributed by atoms with Gasteiger partial charge in [0.1, 0.15) is 5.75 Å². The van der Waals surface area contributed by atoms with E-state index in [1.807, 2.05) is 13.0 Å². The van der Waals surface area contributed by atoms with E-state index in [2.05, 4.69) is 37.9 Å². The first kappa shape index (κ1) is 16.2. The van der Waals surface area contributed by atoms with Crippen molar-refractivity contribution in [1.29, 1.82) is 0 Å². The van der Waals surface area contributed by atoms with Crippen LogP contribution in [0.1, 0.15) is 58.1 Å². The van der Waals surface area contributed by atoms with Gasteiger partial charge in [-0.3, -0.25) is 0 Å². The molecule has 118 valence electrons. The van der Waals surface area contributed by atoms with Crippen molar-refractivity contribution >= 4 is 5.69 Å². The van der Waals surface area contributed by atoms with E-state index in [0.717, 1.165) is 11.3 Å². The van der Waals surface area contributed by atoms with Crippen LogP contribution in [-0.4, -0.2) is 20.2 Å². The van der Waals surface area contributed by atoms with Gasteiger partial charge in [-0.15, -0.1) is 0 Å². The first-order chi connectivity index (χ1) is 9.85. The Bertz CT molecular complexity index is 472. The lowest BCUT2D eigenvalue weighted by Crippen LogP contribution is -2.38. The maximum Gasteiger partial charge on any atom is 0.125 e. The molecule has 1 fully saturated rings. The molecule has 1 aliphatic carbocycles. The van der Waals surface area contributed by atoms with Crippen molar-refractivity contribution in [3.05, 3.63) is 23.8 Å². The van der Waals surface area contributed by atoms with Gasteiger partial charge in [-0.2, -0.15) is 0 Å². The van der Waals surface area contributed by atoms with E-state index in [-0.39, 0.29) is 6.04 Å². The van der Waals surface area contributed by atoms with Crippen LogP contribution in [0.4, 0.5) is 5.69 Å². The molecule has 3 heteroatoms. The second-order valence-electron chi connectivity index (χ2n) is 7.19. The Morgan fingerprint density at radius 1 is 1.29 bits per heavy atom. The van der Waals surface area contributed by atoms with Gasteiger partial charge in [0.05, 0.1) is 7.11 Å². The summed E-state index contributed by atoms with van der Waals surface area (Å²) in [5, 5.41) is 0. The summed E-state index contributed by atoms with van der Waals surface area (Å²) in [6.07, 6.45) is 5.08. The monoisotopic (exact) mass is 290 g/mol. The van der Waals surface area contributed by atoms with Gasteiger partial charge in [0.2, 0.25) is 0 Å². The van der Waals surface area contributed by atoms with Crippen LogP contribution in [0.5, 0.6) is 5.75 Å². The Morgan fingerprint density at radius 2 is 1.90 bits per heavy atom. The van der Waals surface area contributed by atoms with Gasteiger partial charge in [-0.25, -0.2) is 0 Å². The van der Waals surface area contributed by atoms with E-state index in [1.165, 1.54) is 31.4 Å². The van der Waals surface area contributed by atoms with E-state index < -0.39 is 0 Å². The molecule has 0 amide bonds. The van der Waals surface area contributed by atoms with Crippen LogP contribution in [0.2, 0.25) is 0 Å². The van der Waals surface area contributed by atoms with Crippen LogP contribution in [0.15, 0.2) is 18.2 Å². The molecule has 21 heavy (non-hydrogen) atoms. The van der Waals surface area contributed by atoms with Crippen LogP contribution in [0, 0.1) is 5.41 Å². The first-order valence-corrected chi connectivity index (χ1v) is 8.01. The van der Waals surface area contributed by atoms with Crippen LogP contribution < -0.4 is 15.4 Å². The molecular weight excluding hydrogens is 260 g/mol. The lowest BCUT2D eigenvalue weighted by molar-refractivity contribution is 0.222. The van der Waals surface area contributed by atoms with Crippen molar-refractivity contribution in [2.24, 2.45) is 11.1 Å². The minimum absolute atomic E-state index is 0.0290. The highest BCUT2D eigenvalue weighted by molar-refractivity contribution is 5.61. The smallest absolute Gasteiger partial charge is 0.125 e. The molecule has 1 aromatic rings. The lowest BCUT2D eigenvalue weighted by Gasteiger charge is -2.40. The Hall–Kier alpha value is -1.22. The minimum Gasteiger partial charge on any atom is -0.496 e. The van der Waals surface area contributed by atoms with Crippen LogP contribution in [0.25, 0.3) is 0 Å². The molecule has 1 saturated carbocycles. The molecular formula is C18H30N2O. The number of hydrogen-bond acceptors (Lipinski definition) is 3. The molecule has 0 bridgehead atoms. The molecule has 0 radical (unpaired) electrons. The second kappa shape index (κ2) is 6.27. The Labute approximate surface area is 129 Å². The van der Waals surface area contributed by atoms with Gasteiger partial charge in [-0.05, 0) is 50.2 Å². The van der Waals surface area contributed by atoms with Gasteiger partial charge >= 0.3 is 0 Å². The van der Waals surface area contributed by atoms with Crippen molar-refractivity contribution in [1.82, 2.24) is 0 Å². The molecule has 0 aromatic heterocycles. The Kier molecular flexibility index (Phi) is 4.82. The molecule has 0 spiro atoms. The summed E-state index contributed by atoms with van der Waals surface area (Å²) in [5.41, 5.74) is 9.03. The standard InChI is InChI=1S/C18H30N2O/c1-13(19)17-15(7-6-8-16(17)21-5)20(4)14-9-11-18(2,3)12-10-14/h6-8,13-14H,9-12,19H2,1-5H3/t13-/m1/s1. The summed E-state index contributed by atoms with van der Waals surface area (Å²) in [4.78, 5) is 2.41. The van der Waals surface area contributed by atoms with Gasteiger partial charge in [0, 0.05) is 30.4 Å². The zero-order valence-corrected chi connectivity index (χ0v) is 14.1. The van der Waals surface area contributed by atoms with E-state index >= 15 is 0 Å². The topological polar surface area (TPSA) is 38.5 Å². The van der Waals surface area contributed by atoms with E-state index in [0.29, 0.717) is 11.5 Å².